The molecular formula is C3H13INSi+. The molecule has 0 aromatic carbocycles. The van der Waals surface area contributed by atoms with Gasteiger partial charge >= 0.3 is 0 Å². The lowest BCUT2D eigenvalue weighted by atomic mass is 11.0. The van der Waals surface area contributed by atoms with Gasteiger partial charge in [-0.25, -0.2) is 0 Å². The highest BCUT2D eigenvalue weighted by molar-refractivity contribution is 14.1. The zero-order valence-corrected chi connectivity index (χ0v) is 5.98. The zero-order valence-electron chi connectivity index (χ0n) is 3.83. The summed E-state index contributed by atoms with van der Waals surface area (Å²) in [5, 5.41) is 0. The minimum Gasteiger partial charge on any atom is -0.275 e. The van der Waals surface area contributed by atoms with Crippen LogP contribution in [0.25, 0.3) is 0 Å². The second-order valence-corrected chi connectivity index (χ2v) is 4.74. The third kappa shape index (κ3) is 91.1. The maximum Gasteiger partial charge on any atom is 0.247 e. The highest BCUT2D eigenvalue weighted by Crippen LogP contribution is 1.97. The average molecular weight is 218 g/mol. The fourth-order valence-corrected chi connectivity index (χ4v) is 0. The molecule has 40 valence electrons. The normalized spacial score (nSPS) is 10.0. The predicted octanol–water partition coefficient (Wildman–Crippen LogP) is -0.409. The first kappa shape index (κ1) is 10.0. The maximum absolute atomic E-state index is 2.32. The van der Waals surface area contributed by atoms with Gasteiger partial charge in [-0.3, -0.25) is 2.70 Å². The van der Waals surface area contributed by atoms with Crippen molar-refractivity contribution in [1.82, 2.24) is 0 Å². The van der Waals surface area contributed by atoms with Gasteiger partial charge in [-0.05, 0) is 11.0 Å². The first-order chi connectivity index (χ1) is 2.00. The maximum atomic E-state index is 2.32. The van der Waals surface area contributed by atoms with Gasteiger partial charge in [0.1, 0.15) is 0 Å². The van der Waals surface area contributed by atoms with Crippen LogP contribution in [0.1, 0.15) is 0 Å². The van der Waals surface area contributed by atoms with E-state index in [1.165, 1.54) is 0 Å². The van der Waals surface area contributed by atoms with Crippen molar-refractivity contribution in [2.45, 2.75) is 0 Å². The Morgan fingerprint density at radius 3 is 1.17 bits per heavy atom. The van der Waals surface area contributed by atoms with Crippen molar-refractivity contribution in [1.29, 1.82) is 0 Å². The molecule has 0 saturated heterocycles. The number of halogens is 1. The summed E-state index contributed by atoms with van der Waals surface area (Å²) >= 11 is 2.32. The monoisotopic (exact) mass is 218 g/mol. The van der Waals surface area contributed by atoms with Gasteiger partial charge in [0.25, 0.3) is 0 Å². The van der Waals surface area contributed by atoms with Crippen molar-refractivity contribution in [2.75, 3.05) is 21.1 Å². The van der Waals surface area contributed by atoms with Crippen LogP contribution in [0.2, 0.25) is 0 Å². The molecule has 0 aromatic heterocycles. The molecule has 0 aromatic rings. The lowest BCUT2D eigenvalue weighted by Gasteiger charge is -2.09. The molecule has 6 heavy (non-hydrogen) atoms. The second-order valence-electron chi connectivity index (χ2n) is 1.85. The van der Waals surface area contributed by atoms with Gasteiger partial charge in [0.2, 0.25) is 22.9 Å². The van der Waals surface area contributed by atoms with Gasteiger partial charge in [0, 0.05) is 0 Å². The molecule has 0 atom stereocenters. The average Bonchev–Trinajstić information content (AvgIpc) is 0.722. The summed E-state index contributed by atoms with van der Waals surface area (Å²) in [6.45, 7) is 0. The molecule has 0 N–H and O–H groups in total. The summed E-state index contributed by atoms with van der Waals surface area (Å²) in [5.41, 5.74) is 0. The fourth-order valence-electron chi connectivity index (χ4n) is 0. The van der Waals surface area contributed by atoms with E-state index in [1.807, 2.05) is 0 Å². The Morgan fingerprint density at radius 1 is 1.17 bits per heavy atom. The molecule has 0 bridgehead atoms. The van der Waals surface area contributed by atoms with E-state index in [0.29, 0.717) is 0 Å². The van der Waals surface area contributed by atoms with Crippen molar-refractivity contribution in [3.8, 4) is 0 Å². The Kier molecular flexibility index (Phi) is 4.97. The van der Waals surface area contributed by atoms with E-state index >= 15 is 0 Å². The molecule has 0 fully saturated rings. The second kappa shape index (κ2) is 2.98. The van der Waals surface area contributed by atoms with Gasteiger partial charge in [-0.15, -0.1) is 0 Å². The molecule has 0 saturated carbocycles. The summed E-state index contributed by atoms with van der Waals surface area (Å²) < 4.78 is 0.970. The topological polar surface area (TPSA) is 0 Å². The number of quaternary nitrogens is 1. The number of hydrogen-bond acceptors (Lipinski definition) is 0. The Hall–Kier alpha value is 0.907. The standard InChI is InChI=1S/C3H9IN.H4Si/c1-5(2,3)4;/h1-3H3;1H4/q+1;. The first-order valence-corrected chi connectivity index (χ1v) is 2.48. The summed E-state index contributed by atoms with van der Waals surface area (Å²) in [5.74, 6) is 0. The first-order valence-electron chi connectivity index (χ1n) is 1.51. The number of rotatable bonds is 0. The van der Waals surface area contributed by atoms with Gasteiger partial charge in [-0.1, -0.05) is 0 Å². The van der Waals surface area contributed by atoms with Crippen LogP contribution in [-0.4, -0.2) is 34.8 Å². The van der Waals surface area contributed by atoms with Crippen LogP contribution in [0.5, 0.6) is 0 Å². The summed E-state index contributed by atoms with van der Waals surface area (Å²) in [4.78, 5) is 0. The third-order valence-corrected chi connectivity index (χ3v) is 0. The van der Waals surface area contributed by atoms with Gasteiger partial charge in [0.05, 0.1) is 21.1 Å². The van der Waals surface area contributed by atoms with E-state index < -0.39 is 0 Å². The fraction of sp³-hybridized carbons (Fsp3) is 1.00. The van der Waals surface area contributed by atoms with Gasteiger partial charge in [-0.2, -0.15) is 0 Å². The van der Waals surface area contributed by atoms with Crippen molar-refractivity contribution in [2.24, 2.45) is 0 Å². The van der Waals surface area contributed by atoms with E-state index in [4.69, 9.17) is 0 Å². The van der Waals surface area contributed by atoms with E-state index in [9.17, 15) is 0 Å². The molecule has 0 heterocycles. The molecule has 0 amide bonds. The molecule has 0 rings (SSSR count). The van der Waals surface area contributed by atoms with E-state index in [2.05, 4.69) is 44.0 Å². The molecule has 0 unspecified atom stereocenters. The quantitative estimate of drug-likeness (QED) is 0.294. The van der Waals surface area contributed by atoms with Gasteiger partial charge in [0.15, 0.2) is 0 Å². The lowest BCUT2D eigenvalue weighted by molar-refractivity contribution is -0.681. The van der Waals surface area contributed by atoms with Gasteiger partial charge < -0.3 is 0 Å². The van der Waals surface area contributed by atoms with Crippen LogP contribution in [-0.2, 0) is 0 Å². The highest BCUT2D eigenvalue weighted by atomic mass is 127. The van der Waals surface area contributed by atoms with Crippen LogP contribution in [0.15, 0.2) is 0 Å². The Balaban J connectivity index is 0. The van der Waals surface area contributed by atoms with Crippen LogP contribution >= 0.6 is 22.9 Å². The predicted molar refractivity (Wildman–Crippen MR) is 43.4 cm³/mol. The van der Waals surface area contributed by atoms with Crippen molar-refractivity contribution in [3.05, 3.63) is 0 Å². The van der Waals surface area contributed by atoms with E-state index in [0.717, 1.165) is 2.70 Å². The lowest BCUT2D eigenvalue weighted by Crippen LogP contribution is -2.18. The van der Waals surface area contributed by atoms with E-state index in [1.54, 1.807) is 0 Å². The summed E-state index contributed by atoms with van der Waals surface area (Å²) in [6.07, 6.45) is 0. The molecular weight excluding hydrogens is 205 g/mol. The third-order valence-electron chi connectivity index (χ3n) is 0. The van der Waals surface area contributed by atoms with E-state index in [-0.39, 0.29) is 11.0 Å². The molecule has 0 spiro atoms. The Labute approximate surface area is 57.8 Å². The minimum absolute atomic E-state index is 0. The molecule has 0 aliphatic heterocycles. The number of nitrogens with zero attached hydrogens (tertiary/aromatic N) is 1. The van der Waals surface area contributed by atoms with Crippen molar-refractivity contribution < 1.29 is 2.70 Å². The van der Waals surface area contributed by atoms with Crippen molar-refractivity contribution in [3.63, 3.8) is 0 Å². The Morgan fingerprint density at radius 2 is 1.17 bits per heavy atom. The van der Waals surface area contributed by atoms with Crippen LogP contribution in [0.4, 0.5) is 0 Å². The molecule has 0 radical (unpaired) electrons. The Bertz CT molecular complexity index is 26.3. The summed E-state index contributed by atoms with van der Waals surface area (Å²) in [7, 11) is 6.34. The SMILES string of the molecule is C[N+](C)(C)I.[SiH4]. The molecule has 0 aliphatic carbocycles. The van der Waals surface area contributed by atoms with Crippen LogP contribution in [0.3, 0.4) is 0 Å². The molecule has 3 heteroatoms. The largest absolute Gasteiger partial charge is 0.275 e. The smallest absolute Gasteiger partial charge is 0.247 e. The zero-order chi connectivity index (χ0) is 4.50. The van der Waals surface area contributed by atoms with Crippen LogP contribution in [0, 0.1) is 0 Å². The van der Waals surface area contributed by atoms with Crippen molar-refractivity contribution >= 4 is 33.8 Å². The van der Waals surface area contributed by atoms with Crippen LogP contribution < -0.4 is 0 Å². The molecule has 1 nitrogen and oxygen atoms in total. The molecule has 0 aliphatic rings. The summed E-state index contributed by atoms with van der Waals surface area (Å²) in [6, 6.07) is 0. The number of hydrogen-bond donors (Lipinski definition) is 0. The highest BCUT2D eigenvalue weighted by Gasteiger charge is 1.93. The minimum atomic E-state index is 0.